The first-order valence-electron chi connectivity index (χ1n) is 3.43. The van der Waals surface area contributed by atoms with Crippen LogP contribution in [0, 0.1) is 0 Å². The number of hydrogen-bond acceptors (Lipinski definition) is 2. The van der Waals surface area contributed by atoms with Crippen LogP contribution in [0.15, 0.2) is 5.16 Å². The smallest absolute Gasteiger partial charge is 0.106 e. The Labute approximate surface area is 58.9 Å². The van der Waals surface area contributed by atoms with Crippen molar-refractivity contribution in [2.45, 2.75) is 34.6 Å². The van der Waals surface area contributed by atoms with Gasteiger partial charge in [-0.1, -0.05) is 27.7 Å². The molecule has 0 rings (SSSR count). The van der Waals surface area contributed by atoms with Gasteiger partial charge < -0.3 is 4.84 Å². The summed E-state index contributed by atoms with van der Waals surface area (Å²) in [5, 5.41) is 3.35. The second-order valence-electron chi connectivity index (χ2n) is 0.546. The topological polar surface area (TPSA) is 21.6 Å². The van der Waals surface area contributed by atoms with E-state index >= 15 is 0 Å². The van der Waals surface area contributed by atoms with Gasteiger partial charge in [-0.15, -0.1) is 5.16 Å². The number of nitrogens with zero attached hydrogens (tertiary/aromatic N) is 1. The maximum Gasteiger partial charge on any atom is 0.106 e. The van der Waals surface area contributed by atoms with Gasteiger partial charge in [-0.3, -0.25) is 0 Å². The Hall–Kier alpha value is -0.530. The average molecular weight is 133 g/mol. The molecule has 2 heteroatoms. The van der Waals surface area contributed by atoms with Gasteiger partial charge in [0.15, 0.2) is 0 Å². The van der Waals surface area contributed by atoms with Gasteiger partial charge in [0.05, 0.1) is 0 Å². The van der Waals surface area contributed by atoms with Crippen LogP contribution >= 0.6 is 0 Å². The molecule has 0 spiro atoms. The summed E-state index contributed by atoms with van der Waals surface area (Å²) in [6, 6.07) is 0. The van der Waals surface area contributed by atoms with E-state index < -0.39 is 0 Å². The van der Waals surface area contributed by atoms with Gasteiger partial charge in [-0.2, -0.15) is 0 Å². The van der Waals surface area contributed by atoms with E-state index in [1.54, 1.807) is 13.1 Å². The minimum absolute atomic E-state index is 1.51. The van der Waals surface area contributed by atoms with Gasteiger partial charge in [0.2, 0.25) is 0 Å². The Balaban J connectivity index is -0.0000000771. The molecule has 0 bridgehead atoms. The zero-order valence-electron chi connectivity index (χ0n) is 7.43. The van der Waals surface area contributed by atoms with Crippen molar-refractivity contribution in [1.82, 2.24) is 0 Å². The zero-order chi connectivity index (χ0) is 8.12. The molecule has 0 radical (unpaired) electrons. The zero-order valence-corrected chi connectivity index (χ0v) is 7.43. The fraction of sp³-hybridized carbons (Fsp3) is 0.857. The van der Waals surface area contributed by atoms with Crippen LogP contribution in [0.3, 0.4) is 0 Å². The van der Waals surface area contributed by atoms with Gasteiger partial charge in [-0.25, -0.2) is 0 Å². The van der Waals surface area contributed by atoms with Crippen LogP contribution in [0.4, 0.5) is 0 Å². The molecule has 0 amide bonds. The van der Waals surface area contributed by atoms with Crippen molar-refractivity contribution < 1.29 is 4.84 Å². The van der Waals surface area contributed by atoms with Gasteiger partial charge in [-0.05, 0) is 6.92 Å². The molecule has 0 aromatic carbocycles. The summed E-state index contributed by atoms with van der Waals surface area (Å²) in [4.78, 5) is 4.26. The number of rotatable bonds is 1. The van der Waals surface area contributed by atoms with Crippen molar-refractivity contribution in [2.75, 3.05) is 7.11 Å². The maximum atomic E-state index is 4.26. The van der Waals surface area contributed by atoms with Crippen molar-refractivity contribution in [2.24, 2.45) is 5.16 Å². The monoisotopic (exact) mass is 133 g/mol. The molecule has 2 nitrogen and oxygen atoms in total. The van der Waals surface area contributed by atoms with E-state index in [1.165, 1.54) is 7.11 Å². The lowest BCUT2D eigenvalue weighted by Crippen LogP contribution is -1.63. The normalized spacial score (nSPS) is 6.44. The predicted octanol–water partition coefficient (Wildman–Crippen LogP) is 2.69. The average Bonchev–Trinajstić information content (AvgIpc) is 1.98. The van der Waals surface area contributed by atoms with Crippen LogP contribution in [0.5, 0.6) is 0 Å². The minimum Gasteiger partial charge on any atom is -0.399 e. The highest BCUT2D eigenvalue weighted by atomic mass is 16.6. The fourth-order valence-electron chi connectivity index (χ4n) is 0.105. The summed E-state index contributed by atoms with van der Waals surface area (Å²) in [5.74, 6) is 0. The molecule has 0 heterocycles. The van der Waals surface area contributed by atoms with Crippen molar-refractivity contribution in [1.29, 1.82) is 0 Å². The van der Waals surface area contributed by atoms with Crippen molar-refractivity contribution >= 4 is 6.21 Å². The SMILES string of the molecule is C/C=N/OC.CC.CC. The Kier molecular flexibility index (Phi) is 90.0. The fourth-order valence-corrected chi connectivity index (χ4v) is 0.105. The Morgan fingerprint density at radius 1 is 1.11 bits per heavy atom. The summed E-state index contributed by atoms with van der Waals surface area (Å²) in [6.45, 7) is 9.80. The van der Waals surface area contributed by atoms with E-state index in [0.717, 1.165) is 0 Å². The predicted molar refractivity (Wildman–Crippen MR) is 43.9 cm³/mol. The molecule has 9 heavy (non-hydrogen) atoms. The molecule has 0 aliphatic carbocycles. The van der Waals surface area contributed by atoms with E-state index in [-0.39, 0.29) is 0 Å². The van der Waals surface area contributed by atoms with Crippen molar-refractivity contribution in [3.63, 3.8) is 0 Å². The Bertz CT molecular complexity index is 35.9. The first kappa shape index (κ1) is 15.8. The Morgan fingerprint density at radius 2 is 1.44 bits per heavy atom. The number of hydrogen-bond donors (Lipinski definition) is 0. The largest absolute Gasteiger partial charge is 0.399 e. The molecule has 0 fully saturated rings. The lowest BCUT2D eigenvalue weighted by molar-refractivity contribution is 0.215. The first-order valence-corrected chi connectivity index (χ1v) is 3.43. The lowest BCUT2D eigenvalue weighted by atomic mass is 10.9. The molecule has 0 aromatic heterocycles. The van der Waals surface area contributed by atoms with Crippen LogP contribution in [-0.2, 0) is 4.84 Å². The molecule has 0 aliphatic heterocycles. The van der Waals surface area contributed by atoms with Gasteiger partial charge >= 0.3 is 0 Å². The van der Waals surface area contributed by atoms with E-state index in [1.807, 2.05) is 27.7 Å². The van der Waals surface area contributed by atoms with Crippen LogP contribution in [0.1, 0.15) is 34.6 Å². The molecular weight excluding hydrogens is 114 g/mol. The summed E-state index contributed by atoms with van der Waals surface area (Å²) in [6.07, 6.45) is 1.58. The summed E-state index contributed by atoms with van der Waals surface area (Å²) >= 11 is 0. The summed E-state index contributed by atoms with van der Waals surface area (Å²) < 4.78 is 0. The van der Waals surface area contributed by atoms with E-state index in [2.05, 4.69) is 9.99 Å². The molecule has 0 N–H and O–H groups in total. The van der Waals surface area contributed by atoms with Crippen LogP contribution in [0.2, 0.25) is 0 Å². The van der Waals surface area contributed by atoms with Gasteiger partial charge in [0.1, 0.15) is 7.11 Å². The highest BCUT2D eigenvalue weighted by Gasteiger charge is 1.46. The number of oxime groups is 1. The van der Waals surface area contributed by atoms with Gasteiger partial charge in [0.25, 0.3) is 0 Å². The summed E-state index contributed by atoms with van der Waals surface area (Å²) in [7, 11) is 1.51. The third-order valence-corrected chi connectivity index (χ3v) is 0.211. The van der Waals surface area contributed by atoms with Crippen LogP contribution in [0.25, 0.3) is 0 Å². The van der Waals surface area contributed by atoms with Crippen molar-refractivity contribution in [3.8, 4) is 0 Å². The first-order chi connectivity index (χ1) is 4.41. The van der Waals surface area contributed by atoms with Crippen LogP contribution < -0.4 is 0 Å². The second kappa shape index (κ2) is 51.3. The maximum absolute atomic E-state index is 4.26. The highest BCUT2D eigenvalue weighted by Crippen LogP contribution is 1.56. The molecule has 0 aliphatic rings. The highest BCUT2D eigenvalue weighted by molar-refractivity contribution is 5.52. The second-order valence-corrected chi connectivity index (χ2v) is 0.546. The molecular formula is C7H19NO. The molecule has 0 unspecified atom stereocenters. The minimum atomic E-state index is 1.51. The van der Waals surface area contributed by atoms with E-state index in [4.69, 9.17) is 0 Å². The summed E-state index contributed by atoms with van der Waals surface area (Å²) in [5.41, 5.74) is 0. The molecule has 0 saturated carbocycles. The van der Waals surface area contributed by atoms with Crippen LogP contribution in [-0.4, -0.2) is 13.3 Å². The van der Waals surface area contributed by atoms with Crippen molar-refractivity contribution in [3.05, 3.63) is 0 Å². The standard InChI is InChI=1S/C3H7NO.2C2H6/c1-3-4-5-2;2*1-2/h3H,1-2H3;2*1-2H3/b4-3+;;. The third kappa shape index (κ3) is 103. The van der Waals surface area contributed by atoms with Gasteiger partial charge in [0, 0.05) is 6.21 Å². The molecule has 0 aromatic rings. The quantitative estimate of drug-likeness (QED) is 0.398. The lowest BCUT2D eigenvalue weighted by Gasteiger charge is -1.75. The Morgan fingerprint density at radius 3 is 1.44 bits per heavy atom. The molecule has 0 atom stereocenters. The molecule has 58 valence electrons. The van der Waals surface area contributed by atoms with E-state index in [0.29, 0.717) is 0 Å². The third-order valence-electron chi connectivity index (χ3n) is 0.211. The van der Waals surface area contributed by atoms with E-state index in [9.17, 15) is 0 Å². The molecule has 0 saturated heterocycles.